The summed E-state index contributed by atoms with van der Waals surface area (Å²) < 4.78 is 5.88. The van der Waals surface area contributed by atoms with E-state index in [1.165, 1.54) is 12.0 Å². The third-order valence-electron chi connectivity index (χ3n) is 3.37. The van der Waals surface area contributed by atoms with Crippen LogP contribution in [0.2, 0.25) is 0 Å². The zero-order valence-corrected chi connectivity index (χ0v) is 13.5. The molecule has 0 amide bonds. The van der Waals surface area contributed by atoms with Crippen LogP contribution < -0.4 is 10.1 Å². The molecule has 0 heterocycles. The van der Waals surface area contributed by atoms with E-state index in [4.69, 9.17) is 4.74 Å². The molecule has 0 radical (unpaired) electrons. The number of benzene rings is 1. The van der Waals surface area contributed by atoms with E-state index in [9.17, 15) is 0 Å². The van der Waals surface area contributed by atoms with Crippen molar-refractivity contribution in [3.63, 3.8) is 0 Å². The fourth-order valence-electron chi connectivity index (χ4n) is 2.21. The normalized spacial score (nSPS) is 11.3. The van der Waals surface area contributed by atoms with Gasteiger partial charge in [0.1, 0.15) is 12.4 Å². The second-order valence-electron chi connectivity index (χ2n) is 5.41. The molecule has 0 fully saturated rings. The van der Waals surface area contributed by atoms with Gasteiger partial charge in [-0.15, -0.1) is 0 Å². The first-order valence-electron chi connectivity index (χ1n) is 7.83. The highest BCUT2D eigenvalue weighted by Crippen LogP contribution is 2.13. The van der Waals surface area contributed by atoms with Crippen molar-refractivity contribution in [2.45, 2.75) is 46.7 Å². The lowest BCUT2D eigenvalue weighted by Gasteiger charge is -2.25. The molecule has 0 aliphatic rings. The van der Waals surface area contributed by atoms with Crippen LogP contribution in [0.25, 0.3) is 0 Å². The Kier molecular flexibility index (Phi) is 8.31. The number of hydrogen-bond donors (Lipinski definition) is 1. The van der Waals surface area contributed by atoms with Gasteiger partial charge >= 0.3 is 0 Å². The number of hydrogen-bond acceptors (Lipinski definition) is 3. The van der Waals surface area contributed by atoms with E-state index in [0.717, 1.165) is 38.5 Å². The lowest BCUT2D eigenvalue weighted by atomic mass is 10.2. The lowest BCUT2D eigenvalue weighted by molar-refractivity contribution is 0.176. The molecular weight excluding hydrogens is 248 g/mol. The van der Waals surface area contributed by atoms with Crippen LogP contribution in [-0.2, 0) is 6.54 Å². The van der Waals surface area contributed by atoms with Crippen LogP contribution in [0.1, 0.15) is 39.7 Å². The number of ether oxygens (including phenoxy) is 1. The first kappa shape index (κ1) is 17.0. The van der Waals surface area contributed by atoms with Crippen LogP contribution in [-0.4, -0.2) is 37.2 Å². The van der Waals surface area contributed by atoms with Gasteiger partial charge in [-0.3, -0.25) is 4.90 Å². The average molecular weight is 278 g/mol. The Balaban J connectivity index is 2.40. The number of nitrogens with zero attached hydrogens (tertiary/aromatic N) is 1. The van der Waals surface area contributed by atoms with Crippen molar-refractivity contribution in [2.75, 3.05) is 26.2 Å². The van der Waals surface area contributed by atoms with Crippen LogP contribution >= 0.6 is 0 Å². The smallest absolute Gasteiger partial charge is 0.119 e. The topological polar surface area (TPSA) is 24.5 Å². The van der Waals surface area contributed by atoms with E-state index in [1.807, 2.05) is 6.07 Å². The van der Waals surface area contributed by atoms with Gasteiger partial charge in [0.25, 0.3) is 0 Å². The van der Waals surface area contributed by atoms with Crippen molar-refractivity contribution in [3.8, 4) is 5.75 Å². The Morgan fingerprint density at radius 1 is 1.20 bits per heavy atom. The van der Waals surface area contributed by atoms with E-state index < -0.39 is 0 Å². The second kappa shape index (κ2) is 9.78. The molecule has 0 aromatic heterocycles. The Morgan fingerprint density at radius 2 is 2.00 bits per heavy atom. The van der Waals surface area contributed by atoms with E-state index >= 15 is 0 Å². The fourth-order valence-corrected chi connectivity index (χ4v) is 2.21. The first-order valence-corrected chi connectivity index (χ1v) is 7.83. The molecule has 3 heteroatoms. The van der Waals surface area contributed by atoms with E-state index in [1.54, 1.807) is 0 Å². The molecule has 0 spiro atoms. The van der Waals surface area contributed by atoms with Crippen molar-refractivity contribution < 1.29 is 4.74 Å². The highest BCUT2D eigenvalue weighted by Gasteiger charge is 2.07. The van der Waals surface area contributed by atoms with Crippen LogP contribution in [0, 0.1) is 0 Å². The molecule has 0 aliphatic carbocycles. The van der Waals surface area contributed by atoms with Gasteiger partial charge in [-0.1, -0.05) is 26.0 Å². The number of nitrogens with one attached hydrogen (secondary N) is 1. The van der Waals surface area contributed by atoms with Gasteiger partial charge in [0.15, 0.2) is 0 Å². The van der Waals surface area contributed by atoms with E-state index in [2.05, 4.69) is 56.1 Å². The summed E-state index contributed by atoms with van der Waals surface area (Å²) in [5.74, 6) is 0.973. The maximum absolute atomic E-state index is 5.88. The van der Waals surface area contributed by atoms with Crippen LogP contribution in [0.15, 0.2) is 24.3 Å². The summed E-state index contributed by atoms with van der Waals surface area (Å²) in [6, 6.07) is 8.94. The first-order chi connectivity index (χ1) is 9.67. The minimum atomic E-state index is 0.582. The largest absolute Gasteiger partial charge is 0.492 e. The molecule has 0 saturated carbocycles. The third-order valence-corrected chi connectivity index (χ3v) is 3.37. The predicted octanol–water partition coefficient (Wildman–Crippen LogP) is 3.30. The van der Waals surface area contributed by atoms with E-state index in [0.29, 0.717) is 6.04 Å². The molecule has 3 nitrogen and oxygen atoms in total. The summed E-state index contributed by atoms with van der Waals surface area (Å²) in [5, 5.41) is 3.33. The average Bonchev–Trinajstić information content (AvgIpc) is 2.44. The molecular formula is C17H30N2O. The fraction of sp³-hybridized carbons (Fsp3) is 0.647. The Labute approximate surface area is 124 Å². The summed E-state index contributed by atoms with van der Waals surface area (Å²) in [6.45, 7) is 13.6. The highest BCUT2D eigenvalue weighted by atomic mass is 16.5. The zero-order valence-electron chi connectivity index (χ0n) is 13.5. The highest BCUT2D eigenvalue weighted by molar-refractivity contribution is 5.28. The summed E-state index contributed by atoms with van der Waals surface area (Å²) in [7, 11) is 0. The van der Waals surface area contributed by atoms with Gasteiger partial charge < -0.3 is 10.1 Å². The van der Waals surface area contributed by atoms with Crippen molar-refractivity contribution in [3.05, 3.63) is 29.8 Å². The molecule has 1 rings (SSSR count). The molecule has 1 aromatic carbocycles. The van der Waals surface area contributed by atoms with Crippen LogP contribution in [0.3, 0.4) is 0 Å². The molecule has 0 unspecified atom stereocenters. The molecule has 114 valence electrons. The molecule has 0 bridgehead atoms. The van der Waals surface area contributed by atoms with Crippen molar-refractivity contribution >= 4 is 0 Å². The van der Waals surface area contributed by atoms with Crippen molar-refractivity contribution in [2.24, 2.45) is 0 Å². The van der Waals surface area contributed by atoms with Crippen LogP contribution in [0.4, 0.5) is 0 Å². The van der Waals surface area contributed by atoms with Gasteiger partial charge in [0, 0.05) is 19.1 Å². The van der Waals surface area contributed by atoms with E-state index in [-0.39, 0.29) is 0 Å². The van der Waals surface area contributed by atoms with Crippen molar-refractivity contribution in [1.29, 1.82) is 0 Å². The predicted molar refractivity (Wildman–Crippen MR) is 86.3 cm³/mol. The maximum atomic E-state index is 5.88. The monoisotopic (exact) mass is 278 g/mol. The molecule has 0 atom stereocenters. The van der Waals surface area contributed by atoms with Gasteiger partial charge in [-0.05, 0) is 51.1 Å². The van der Waals surface area contributed by atoms with Gasteiger partial charge in [-0.2, -0.15) is 0 Å². The van der Waals surface area contributed by atoms with Crippen LogP contribution in [0.5, 0.6) is 5.75 Å². The number of rotatable bonds is 10. The Bertz CT molecular complexity index is 366. The quantitative estimate of drug-likeness (QED) is 0.711. The standard InChI is InChI=1S/C17H30N2O/c1-5-10-19(15(3)4)11-12-20-17-9-7-8-16(13-17)14-18-6-2/h7-9,13,15,18H,5-6,10-12,14H2,1-4H3. The van der Waals surface area contributed by atoms with Gasteiger partial charge in [0.2, 0.25) is 0 Å². The maximum Gasteiger partial charge on any atom is 0.119 e. The summed E-state index contributed by atoms with van der Waals surface area (Å²) in [5.41, 5.74) is 1.28. The van der Waals surface area contributed by atoms with Gasteiger partial charge in [0.05, 0.1) is 0 Å². The minimum absolute atomic E-state index is 0.582. The van der Waals surface area contributed by atoms with Crippen molar-refractivity contribution in [1.82, 2.24) is 10.2 Å². The summed E-state index contributed by atoms with van der Waals surface area (Å²) >= 11 is 0. The molecule has 0 aliphatic heterocycles. The minimum Gasteiger partial charge on any atom is -0.492 e. The SMILES string of the molecule is CCCN(CCOc1cccc(CNCC)c1)C(C)C. The Hall–Kier alpha value is -1.06. The molecule has 20 heavy (non-hydrogen) atoms. The third kappa shape index (κ3) is 6.40. The van der Waals surface area contributed by atoms with Gasteiger partial charge in [-0.25, -0.2) is 0 Å². The zero-order chi connectivity index (χ0) is 14.8. The molecule has 0 saturated heterocycles. The second-order valence-corrected chi connectivity index (χ2v) is 5.41. The lowest BCUT2D eigenvalue weighted by Crippen LogP contribution is -2.35. The Morgan fingerprint density at radius 3 is 2.65 bits per heavy atom. The summed E-state index contributed by atoms with van der Waals surface area (Å²) in [6.07, 6.45) is 1.19. The molecule has 1 N–H and O–H groups in total. The molecule has 1 aromatic rings. The summed E-state index contributed by atoms with van der Waals surface area (Å²) in [4.78, 5) is 2.46.